The standard InChI is InChI=1S/C17H24N2O3S.ClH/c1-22-17(21)8-7-15(13-5-3-2-4-6-13)19-16(20)11-14-12-23-10-9-18-14;/h2-6,14-15,18H,7-12H2,1H3,(H,19,20);1H. The number of carbonyl (C=O) groups excluding carboxylic acids is 2. The van der Waals surface area contributed by atoms with Gasteiger partial charge in [-0.25, -0.2) is 0 Å². The average Bonchev–Trinajstić information content (AvgIpc) is 2.59. The summed E-state index contributed by atoms with van der Waals surface area (Å²) in [5.41, 5.74) is 1.01. The fourth-order valence-corrected chi connectivity index (χ4v) is 3.55. The molecular weight excluding hydrogens is 348 g/mol. The first kappa shape index (κ1) is 20.8. The summed E-state index contributed by atoms with van der Waals surface area (Å²) in [6, 6.07) is 9.81. The van der Waals surface area contributed by atoms with Gasteiger partial charge < -0.3 is 15.4 Å². The van der Waals surface area contributed by atoms with Crippen LogP contribution >= 0.6 is 24.2 Å². The van der Waals surface area contributed by atoms with E-state index in [9.17, 15) is 9.59 Å². The summed E-state index contributed by atoms with van der Waals surface area (Å²) < 4.78 is 4.70. The minimum Gasteiger partial charge on any atom is -0.469 e. The summed E-state index contributed by atoms with van der Waals surface area (Å²) in [5, 5.41) is 6.43. The van der Waals surface area contributed by atoms with E-state index in [0.717, 1.165) is 23.6 Å². The lowest BCUT2D eigenvalue weighted by molar-refractivity contribution is -0.141. The normalized spacial score (nSPS) is 18.1. The Hall–Kier alpha value is -1.24. The van der Waals surface area contributed by atoms with Crippen molar-refractivity contribution in [3.05, 3.63) is 35.9 Å². The van der Waals surface area contributed by atoms with Crippen LogP contribution < -0.4 is 10.6 Å². The lowest BCUT2D eigenvalue weighted by Gasteiger charge is -2.24. The molecule has 24 heavy (non-hydrogen) atoms. The molecule has 0 spiro atoms. The third-order valence-corrected chi connectivity index (χ3v) is 4.96. The van der Waals surface area contributed by atoms with E-state index in [1.54, 1.807) is 0 Å². The third kappa shape index (κ3) is 7.11. The fourth-order valence-electron chi connectivity index (χ4n) is 2.60. The van der Waals surface area contributed by atoms with Crippen LogP contribution in [0.2, 0.25) is 0 Å². The Bertz CT molecular complexity index is 510. The maximum Gasteiger partial charge on any atom is 0.305 e. The quantitative estimate of drug-likeness (QED) is 0.719. The highest BCUT2D eigenvalue weighted by Gasteiger charge is 2.20. The van der Waals surface area contributed by atoms with Crippen molar-refractivity contribution in [2.45, 2.75) is 31.3 Å². The van der Waals surface area contributed by atoms with E-state index in [0.29, 0.717) is 12.8 Å². The number of esters is 1. The smallest absolute Gasteiger partial charge is 0.305 e. The van der Waals surface area contributed by atoms with Gasteiger partial charge in [-0.15, -0.1) is 12.4 Å². The molecule has 2 atom stereocenters. The molecule has 1 aromatic rings. The maximum atomic E-state index is 12.3. The van der Waals surface area contributed by atoms with Crippen molar-refractivity contribution >= 4 is 36.0 Å². The molecule has 0 bridgehead atoms. The molecule has 0 radical (unpaired) electrons. The van der Waals surface area contributed by atoms with Crippen molar-refractivity contribution in [1.82, 2.24) is 10.6 Å². The van der Waals surface area contributed by atoms with Gasteiger partial charge in [-0.2, -0.15) is 11.8 Å². The van der Waals surface area contributed by atoms with Crippen molar-refractivity contribution in [1.29, 1.82) is 0 Å². The lowest BCUT2D eigenvalue weighted by atomic mass is 10.0. The number of thioether (sulfide) groups is 1. The molecule has 1 saturated heterocycles. The van der Waals surface area contributed by atoms with Gasteiger partial charge in [0.25, 0.3) is 0 Å². The summed E-state index contributed by atoms with van der Waals surface area (Å²) in [4.78, 5) is 23.7. The average molecular weight is 373 g/mol. The zero-order chi connectivity index (χ0) is 16.5. The van der Waals surface area contributed by atoms with Crippen molar-refractivity contribution in [3.63, 3.8) is 0 Å². The van der Waals surface area contributed by atoms with Crippen LogP contribution in [0.3, 0.4) is 0 Å². The largest absolute Gasteiger partial charge is 0.469 e. The number of ether oxygens (including phenoxy) is 1. The number of rotatable bonds is 7. The van der Waals surface area contributed by atoms with Crippen LogP contribution in [0.1, 0.15) is 30.9 Å². The van der Waals surface area contributed by atoms with Crippen LogP contribution in [0.5, 0.6) is 0 Å². The Morgan fingerprint density at radius 3 is 2.75 bits per heavy atom. The topological polar surface area (TPSA) is 67.4 Å². The minimum atomic E-state index is -0.259. The Labute approximate surface area is 153 Å². The van der Waals surface area contributed by atoms with Crippen molar-refractivity contribution in [2.75, 3.05) is 25.2 Å². The fraction of sp³-hybridized carbons (Fsp3) is 0.529. The number of methoxy groups -OCH3 is 1. The van der Waals surface area contributed by atoms with E-state index in [1.807, 2.05) is 42.1 Å². The Kier molecular flexibility index (Phi) is 9.83. The molecule has 1 fully saturated rings. The number of amides is 1. The molecule has 1 aliphatic rings. The highest BCUT2D eigenvalue weighted by molar-refractivity contribution is 7.99. The first-order valence-electron chi connectivity index (χ1n) is 7.91. The first-order valence-corrected chi connectivity index (χ1v) is 9.06. The predicted molar refractivity (Wildman–Crippen MR) is 99.6 cm³/mol. The van der Waals surface area contributed by atoms with E-state index in [2.05, 4.69) is 10.6 Å². The monoisotopic (exact) mass is 372 g/mol. The molecule has 1 aliphatic heterocycles. The third-order valence-electron chi connectivity index (χ3n) is 3.83. The second-order valence-electron chi connectivity index (χ2n) is 5.58. The van der Waals surface area contributed by atoms with Gasteiger partial charge in [-0.05, 0) is 12.0 Å². The van der Waals surface area contributed by atoms with Crippen LogP contribution in [0.4, 0.5) is 0 Å². The maximum absolute atomic E-state index is 12.3. The molecule has 1 heterocycles. The van der Waals surface area contributed by atoms with Gasteiger partial charge >= 0.3 is 5.97 Å². The predicted octanol–water partition coefficient (Wildman–Crippen LogP) is 2.31. The van der Waals surface area contributed by atoms with Gasteiger partial charge in [0.1, 0.15) is 0 Å². The number of halogens is 1. The lowest BCUT2D eigenvalue weighted by Crippen LogP contribution is -2.42. The Balaban J connectivity index is 0.00000288. The SMILES string of the molecule is COC(=O)CCC(NC(=O)CC1CSCCN1)c1ccccc1.Cl. The Morgan fingerprint density at radius 1 is 1.38 bits per heavy atom. The van der Waals surface area contributed by atoms with E-state index < -0.39 is 0 Å². The van der Waals surface area contributed by atoms with Gasteiger partial charge in [0.05, 0.1) is 13.2 Å². The highest BCUT2D eigenvalue weighted by Crippen LogP contribution is 2.19. The molecule has 134 valence electrons. The number of hydrogen-bond acceptors (Lipinski definition) is 5. The number of benzene rings is 1. The van der Waals surface area contributed by atoms with Gasteiger partial charge in [0, 0.05) is 36.9 Å². The number of nitrogens with one attached hydrogen (secondary N) is 2. The summed E-state index contributed by atoms with van der Waals surface area (Å²) in [6.45, 7) is 0.951. The zero-order valence-corrected chi connectivity index (χ0v) is 15.5. The molecule has 7 heteroatoms. The molecule has 2 unspecified atom stereocenters. The molecule has 1 amide bonds. The first-order chi connectivity index (χ1) is 11.2. The van der Waals surface area contributed by atoms with Crippen LogP contribution in [-0.4, -0.2) is 43.1 Å². The van der Waals surface area contributed by atoms with Gasteiger partial charge in [0.2, 0.25) is 5.91 Å². The van der Waals surface area contributed by atoms with E-state index >= 15 is 0 Å². The molecule has 0 aliphatic carbocycles. The molecule has 2 rings (SSSR count). The molecule has 0 saturated carbocycles. The van der Waals surface area contributed by atoms with Gasteiger partial charge in [-0.3, -0.25) is 9.59 Å². The van der Waals surface area contributed by atoms with Crippen LogP contribution in [0.25, 0.3) is 0 Å². The summed E-state index contributed by atoms with van der Waals surface area (Å²) in [5.74, 6) is 1.82. The molecule has 1 aromatic carbocycles. The summed E-state index contributed by atoms with van der Waals surface area (Å²) in [6.07, 6.45) is 1.29. The zero-order valence-electron chi connectivity index (χ0n) is 13.8. The second kappa shape index (κ2) is 11.3. The van der Waals surface area contributed by atoms with E-state index in [4.69, 9.17) is 4.74 Å². The Morgan fingerprint density at radius 2 is 2.12 bits per heavy atom. The number of carbonyl (C=O) groups is 2. The van der Waals surface area contributed by atoms with Gasteiger partial charge in [-0.1, -0.05) is 30.3 Å². The highest BCUT2D eigenvalue weighted by atomic mass is 35.5. The molecule has 2 N–H and O–H groups in total. The van der Waals surface area contributed by atoms with Crippen LogP contribution in [0, 0.1) is 0 Å². The van der Waals surface area contributed by atoms with Crippen molar-refractivity contribution < 1.29 is 14.3 Å². The number of hydrogen-bond donors (Lipinski definition) is 2. The van der Waals surface area contributed by atoms with Crippen molar-refractivity contribution in [3.8, 4) is 0 Å². The molecule has 0 aromatic heterocycles. The van der Waals surface area contributed by atoms with Gasteiger partial charge in [0.15, 0.2) is 0 Å². The van der Waals surface area contributed by atoms with Crippen LogP contribution in [0.15, 0.2) is 30.3 Å². The molecule has 5 nitrogen and oxygen atoms in total. The van der Waals surface area contributed by atoms with E-state index in [-0.39, 0.29) is 42.8 Å². The summed E-state index contributed by atoms with van der Waals surface area (Å²) >= 11 is 1.87. The van der Waals surface area contributed by atoms with E-state index in [1.165, 1.54) is 7.11 Å². The molecular formula is C17H25ClN2O3S. The van der Waals surface area contributed by atoms with Crippen LogP contribution in [-0.2, 0) is 14.3 Å². The minimum absolute atomic E-state index is 0. The van der Waals surface area contributed by atoms with Crippen molar-refractivity contribution in [2.24, 2.45) is 0 Å². The summed E-state index contributed by atoms with van der Waals surface area (Å²) in [7, 11) is 1.38. The second-order valence-corrected chi connectivity index (χ2v) is 6.73.